The van der Waals surface area contributed by atoms with Gasteiger partial charge in [0, 0.05) is 37.3 Å². The molecule has 7 heteroatoms. The Morgan fingerprint density at radius 1 is 1.21 bits per heavy atom. The molecule has 0 radical (unpaired) electrons. The molecule has 146 valence electrons. The van der Waals surface area contributed by atoms with Crippen molar-refractivity contribution in [2.24, 2.45) is 5.92 Å². The molecule has 1 N–H and O–H groups in total. The van der Waals surface area contributed by atoms with Crippen LogP contribution in [0.5, 0.6) is 0 Å². The number of benzene rings is 1. The van der Waals surface area contributed by atoms with Gasteiger partial charge in [0.2, 0.25) is 5.91 Å². The molecular formula is C21H26N6O. The lowest BCUT2D eigenvalue weighted by molar-refractivity contribution is -0.125. The Hall–Kier alpha value is -2.96. The van der Waals surface area contributed by atoms with Crippen LogP contribution in [0.3, 0.4) is 0 Å². The van der Waals surface area contributed by atoms with Gasteiger partial charge >= 0.3 is 0 Å². The lowest BCUT2D eigenvalue weighted by atomic mass is 9.96. The van der Waals surface area contributed by atoms with Crippen LogP contribution in [0.4, 0.5) is 5.82 Å². The third kappa shape index (κ3) is 4.13. The van der Waals surface area contributed by atoms with E-state index in [9.17, 15) is 4.79 Å². The average Bonchev–Trinajstić information content (AvgIpc) is 3.20. The Kier molecular flexibility index (Phi) is 5.50. The molecule has 28 heavy (non-hydrogen) atoms. The molecule has 1 amide bonds. The second-order valence-electron chi connectivity index (χ2n) is 7.37. The highest BCUT2D eigenvalue weighted by Gasteiger charge is 2.26. The third-order valence-corrected chi connectivity index (χ3v) is 5.34. The quantitative estimate of drug-likeness (QED) is 0.667. The summed E-state index contributed by atoms with van der Waals surface area (Å²) in [5.41, 5.74) is 2.24. The van der Waals surface area contributed by atoms with Crippen LogP contribution in [0.2, 0.25) is 0 Å². The van der Waals surface area contributed by atoms with E-state index < -0.39 is 0 Å². The Morgan fingerprint density at radius 2 is 2.00 bits per heavy atom. The molecule has 0 aliphatic carbocycles. The Morgan fingerprint density at radius 3 is 2.79 bits per heavy atom. The van der Waals surface area contributed by atoms with E-state index in [0.717, 1.165) is 56.8 Å². The summed E-state index contributed by atoms with van der Waals surface area (Å²) in [6.07, 6.45) is 5.19. The fraction of sp³-hybridized carbons (Fsp3) is 0.429. The summed E-state index contributed by atoms with van der Waals surface area (Å²) in [5.74, 6) is 1.89. The summed E-state index contributed by atoms with van der Waals surface area (Å²) in [5, 5.41) is 7.40. The number of hydrogen-bond acceptors (Lipinski definition) is 5. The lowest BCUT2D eigenvalue weighted by Gasteiger charge is -2.32. The van der Waals surface area contributed by atoms with Crippen LogP contribution >= 0.6 is 0 Å². The smallest absolute Gasteiger partial charge is 0.254 e. The first kappa shape index (κ1) is 18.4. The highest BCUT2D eigenvalue weighted by molar-refractivity contribution is 5.79. The van der Waals surface area contributed by atoms with Crippen molar-refractivity contribution in [3.63, 3.8) is 0 Å². The SMILES string of the molecule is Cc1cc(N2CCC(C(=O)NCCCc3ccccc3)CC2)n2ncnc2n1. The molecule has 4 rings (SSSR count). The largest absolute Gasteiger partial charge is 0.356 e. The number of hydrogen-bond donors (Lipinski definition) is 1. The van der Waals surface area contributed by atoms with Crippen molar-refractivity contribution in [3.05, 3.63) is 54.0 Å². The van der Waals surface area contributed by atoms with Crippen molar-refractivity contribution >= 4 is 17.5 Å². The van der Waals surface area contributed by atoms with Gasteiger partial charge in [0.15, 0.2) is 0 Å². The molecule has 2 aromatic heterocycles. The molecule has 1 aliphatic heterocycles. The molecule has 1 saturated heterocycles. The van der Waals surface area contributed by atoms with Crippen LogP contribution in [-0.2, 0) is 11.2 Å². The van der Waals surface area contributed by atoms with E-state index in [4.69, 9.17) is 0 Å². The van der Waals surface area contributed by atoms with Gasteiger partial charge in [0.05, 0.1) is 0 Å². The maximum atomic E-state index is 12.5. The second-order valence-corrected chi connectivity index (χ2v) is 7.37. The first-order valence-electron chi connectivity index (χ1n) is 9.94. The van der Waals surface area contributed by atoms with Gasteiger partial charge in [-0.1, -0.05) is 30.3 Å². The normalized spacial score (nSPS) is 15.1. The average molecular weight is 378 g/mol. The summed E-state index contributed by atoms with van der Waals surface area (Å²) in [6, 6.07) is 12.4. The van der Waals surface area contributed by atoms with E-state index in [1.165, 1.54) is 11.9 Å². The van der Waals surface area contributed by atoms with Crippen molar-refractivity contribution in [2.75, 3.05) is 24.5 Å². The molecule has 0 unspecified atom stereocenters. The monoisotopic (exact) mass is 378 g/mol. The van der Waals surface area contributed by atoms with Crippen LogP contribution < -0.4 is 10.2 Å². The highest BCUT2D eigenvalue weighted by Crippen LogP contribution is 2.24. The van der Waals surface area contributed by atoms with Gasteiger partial charge in [-0.25, -0.2) is 4.98 Å². The number of fused-ring (bicyclic) bond motifs is 1. The minimum absolute atomic E-state index is 0.0853. The molecule has 1 aromatic carbocycles. The number of carbonyl (C=O) groups is 1. The van der Waals surface area contributed by atoms with Gasteiger partial charge < -0.3 is 10.2 Å². The van der Waals surface area contributed by atoms with Crippen LogP contribution in [0, 0.1) is 12.8 Å². The van der Waals surface area contributed by atoms with Gasteiger partial charge in [-0.15, -0.1) is 0 Å². The van der Waals surface area contributed by atoms with Crippen molar-refractivity contribution < 1.29 is 4.79 Å². The van der Waals surface area contributed by atoms with Gasteiger partial charge in [-0.05, 0) is 38.2 Å². The van der Waals surface area contributed by atoms with Gasteiger partial charge in [-0.3, -0.25) is 4.79 Å². The fourth-order valence-corrected chi connectivity index (χ4v) is 3.80. The summed E-state index contributed by atoms with van der Waals surface area (Å²) < 4.78 is 1.77. The van der Waals surface area contributed by atoms with Crippen molar-refractivity contribution in [2.45, 2.75) is 32.6 Å². The predicted molar refractivity (Wildman–Crippen MR) is 108 cm³/mol. The third-order valence-electron chi connectivity index (χ3n) is 5.34. The number of aryl methyl sites for hydroxylation is 2. The maximum Gasteiger partial charge on any atom is 0.254 e. The van der Waals surface area contributed by atoms with Crippen molar-refractivity contribution in [1.29, 1.82) is 0 Å². The Bertz CT molecular complexity index is 930. The van der Waals surface area contributed by atoms with E-state index in [-0.39, 0.29) is 11.8 Å². The van der Waals surface area contributed by atoms with E-state index >= 15 is 0 Å². The fourth-order valence-electron chi connectivity index (χ4n) is 3.80. The van der Waals surface area contributed by atoms with Crippen molar-refractivity contribution in [1.82, 2.24) is 24.9 Å². The van der Waals surface area contributed by atoms with E-state index in [1.807, 2.05) is 19.1 Å². The Balaban J connectivity index is 1.26. The van der Waals surface area contributed by atoms with Gasteiger partial charge in [-0.2, -0.15) is 14.6 Å². The van der Waals surface area contributed by atoms with Gasteiger partial charge in [0.25, 0.3) is 5.78 Å². The maximum absolute atomic E-state index is 12.5. The summed E-state index contributed by atoms with van der Waals surface area (Å²) in [6.45, 7) is 4.37. The molecule has 3 heterocycles. The number of nitrogens with zero attached hydrogens (tertiary/aromatic N) is 5. The summed E-state index contributed by atoms with van der Waals surface area (Å²) in [7, 11) is 0. The molecule has 1 aliphatic rings. The number of amides is 1. The number of carbonyl (C=O) groups excluding carboxylic acids is 1. The second kappa shape index (κ2) is 8.37. The summed E-state index contributed by atoms with van der Waals surface area (Å²) in [4.78, 5) is 23.4. The Labute approximate surface area is 164 Å². The highest BCUT2D eigenvalue weighted by atomic mass is 16.1. The number of aromatic nitrogens is 4. The number of nitrogens with one attached hydrogen (secondary N) is 1. The zero-order valence-corrected chi connectivity index (χ0v) is 16.2. The molecule has 0 atom stereocenters. The van der Waals surface area contributed by atoms with Crippen LogP contribution in [-0.4, -0.2) is 45.1 Å². The lowest BCUT2D eigenvalue weighted by Crippen LogP contribution is -2.41. The number of piperidine rings is 1. The molecule has 0 spiro atoms. The first-order chi connectivity index (χ1) is 13.7. The first-order valence-corrected chi connectivity index (χ1v) is 9.94. The van der Waals surface area contributed by atoms with Crippen LogP contribution in [0.25, 0.3) is 5.78 Å². The zero-order valence-electron chi connectivity index (χ0n) is 16.2. The van der Waals surface area contributed by atoms with E-state index in [1.54, 1.807) is 4.52 Å². The minimum Gasteiger partial charge on any atom is -0.356 e. The van der Waals surface area contributed by atoms with Crippen LogP contribution in [0.15, 0.2) is 42.7 Å². The zero-order chi connectivity index (χ0) is 19.3. The molecule has 0 saturated carbocycles. The van der Waals surface area contributed by atoms with Crippen molar-refractivity contribution in [3.8, 4) is 0 Å². The number of rotatable bonds is 6. The molecule has 3 aromatic rings. The molecule has 0 bridgehead atoms. The topological polar surface area (TPSA) is 75.4 Å². The molecule has 7 nitrogen and oxygen atoms in total. The standard InChI is InChI=1S/C21H26N6O/c1-16-14-19(27-21(25-16)23-15-24-27)26-12-9-18(10-13-26)20(28)22-11-5-8-17-6-3-2-4-7-17/h2-4,6-7,14-15,18H,5,8-13H2,1H3,(H,22,28). The molecular weight excluding hydrogens is 352 g/mol. The molecule has 1 fully saturated rings. The number of anilines is 1. The van der Waals surface area contributed by atoms with E-state index in [2.05, 4.69) is 49.5 Å². The van der Waals surface area contributed by atoms with E-state index in [0.29, 0.717) is 5.78 Å². The summed E-state index contributed by atoms with van der Waals surface area (Å²) >= 11 is 0. The predicted octanol–water partition coefficient (Wildman–Crippen LogP) is 2.40. The van der Waals surface area contributed by atoms with Gasteiger partial charge in [0.1, 0.15) is 12.1 Å². The van der Waals surface area contributed by atoms with Crippen LogP contribution in [0.1, 0.15) is 30.5 Å². The minimum atomic E-state index is 0.0853.